The minimum absolute atomic E-state index is 0.00188. The van der Waals surface area contributed by atoms with E-state index in [0.29, 0.717) is 28.1 Å². The SMILES string of the molecule is COc1cccc(-c2ncnc3c(C#N)cn(-c4ccc(C(C)=O)cc4)c23)c1. The molecule has 6 nitrogen and oxygen atoms in total. The van der Waals surface area contributed by atoms with E-state index in [9.17, 15) is 10.1 Å². The molecule has 0 spiro atoms. The number of benzene rings is 2. The number of carbonyl (C=O) groups excluding carboxylic acids is 1. The van der Waals surface area contributed by atoms with E-state index in [1.807, 2.05) is 41.0 Å². The second-order valence-electron chi connectivity index (χ2n) is 6.28. The summed E-state index contributed by atoms with van der Waals surface area (Å²) in [5.74, 6) is 0.718. The highest BCUT2D eigenvalue weighted by Gasteiger charge is 2.17. The van der Waals surface area contributed by atoms with Crippen molar-refractivity contribution in [3.63, 3.8) is 0 Å². The molecule has 0 atom stereocenters. The molecule has 136 valence electrons. The summed E-state index contributed by atoms with van der Waals surface area (Å²) >= 11 is 0. The van der Waals surface area contributed by atoms with E-state index in [-0.39, 0.29) is 5.78 Å². The van der Waals surface area contributed by atoms with Gasteiger partial charge in [0.05, 0.1) is 23.9 Å². The molecule has 0 N–H and O–H groups in total. The van der Waals surface area contributed by atoms with Crippen LogP contribution >= 0.6 is 0 Å². The van der Waals surface area contributed by atoms with Crippen molar-refractivity contribution in [2.24, 2.45) is 0 Å². The van der Waals surface area contributed by atoms with Gasteiger partial charge in [-0.25, -0.2) is 9.97 Å². The van der Waals surface area contributed by atoms with Crippen molar-refractivity contribution in [2.75, 3.05) is 7.11 Å². The molecule has 2 heterocycles. The van der Waals surface area contributed by atoms with E-state index in [0.717, 1.165) is 16.8 Å². The first-order valence-electron chi connectivity index (χ1n) is 8.64. The third kappa shape index (κ3) is 2.89. The topological polar surface area (TPSA) is 80.8 Å². The molecule has 4 aromatic rings. The molecule has 6 heteroatoms. The molecule has 0 amide bonds. The number of ketones is 1. The van der Waals surface area contributed by atoms with Crippen LogP contribution in [0.4, 0.5) is 0 Å². The average Bonchev–Trinajstić information content (AvgIpc) is 3.13. The zero-order valence-corrected chi connectivity index (χ0v) is 15.4. The number of rotatable bonds is 4. The summed E-state index contributed by atoms with van der Waals surface area (Å²) in [6, 6.07) is 17.0. The Labute approximate surface area is 161 Å². The molecule has 0 saturated carbocycles. The van der Waals surface area contributed by atoms with Crippen molar-refractivity contribution < 1.29 is 9.53 Å². The minimum atomic E-state index is 0.00188. The fraction of sp³-hybridized carbons (Fsp3) is 0.0909. The zero-order chi connectivity index (χ0) is 19.7. The van der Waals surface area contributed by atoms with Crippen LogP contribution in [0.5, 0.6) is 5.75 Å². The fourth-order valence-corrected chi connectivity index (χ4v) is 3.18. The first kappa shape index (κ1) is 17.4. The molecule has 4 rings (SSSR count). The Morgan fingerprint density at radius 2 is 1.93 bits per heavy atom. The number of Topliss-reactive ketones (excluding diaryl/α,β-unsaturated/α-hetero) is 1. The van der Waals surface area contributed by atoms with Gasteiger partial charge in [0.1, 0.15) is 23.7 Å². The van der Waals surface area contributed by atoms with Gasteiger partial charge in [-0.2, -0.15) is 5.26 Å². The Morgan fingerprint density at radius 1 is 1.14 bits per heavy atom. The quantitative estimate of drug-likeness (QED) is 0.505. The third-order valence-electron chi connectivity index (χ3n) is 4.59. The summed E-state index contributed by atoms with van der Waals surface area (Å²) in [7, 11) is 1.61. The Kier molecular flexibility index (Phi) is 4.34. The molecule has 0 aliphatic rings. The second-order valence-corrected chi connectivity index (χ2v) is 6.28. The average molecular weight is 368 g/mol. The van der Waals surface area contributed by atoms with Crippen LogP contribution in [-0.4, -0.2) is 27.4 Å². The van der Waals surface area contributed by atoms with Gasteiger partial charge >= 0.3 is 0 Å². The predicted molar refractivity (Wildman–Crippen MR) is 106 cm³/mol. The number of aromatic nitrogens is 3. The smallest absolute Gasteiger partial charge is 0.159 e. The number of fused-ring (bicyclic) bond motifs is 1. The second kappa shape index (κ2) is 6.97. The maximum atomic E-state index is 11.6. The van der Waals surface area contributed by atoms with Gasteiger partial charge in [-0.15, -0.1) is 0 Å². The molecular formula is C22H16N4O2. The summed E-state index contributed by atoms with van der Waals surface area (Å²) < 4.78 is 7.21. The molecule has 2 aromatic carbocycles. The highest BCUT2D eigenvalue weighted by Crippen LogP contribution is 2.32. The molecule has 0 unspecified atom stereocenters. The van der Waals surface area contributed by atoms with Crippen LogP contribution in [0.15, 0.2) is 61.1 Å². The number of hydrogen-bond acceptors (Lipinski definition) is 5. The van der Waals surface area contributed by atoms with Gasteiger partial charge < -0.3 is 9.30 Å². The molecule has 0 fully saturated rings. The van der Waals surface area contributed by atoms with Crippen LogP contribution in [-0.2, 0) is 0 Å². The molecule has 0 aliphatic carbocycles. The van der Waals surface area contributed by atoms with E-state index in [4.69, 9.17) is 4.74 Å². The van der Waals surface area contributed by atoms with Crippen LogP contribution < -0.4 is 4.74 Å². The van der Waals surface area contributed by atoms with E-state index < -0.39 is 0 Å². The third-order valence-corrected chi connectivity index (χ3v) is 4.59. The van der Waals surface area contributed by atoms with Crippen LogP contribution in [0, 0.1) is 11.3 Å². The summed E-state index contributed by atoms with van der Waals surface area (Å²) in [6.45, 7) is 1.53. The maximum absolute atomic E-state index is 11.6. The standard InChI is InChI=1S/C22H16N4O2/c1-14(27)15-6-8-18(9-7-15)26-12-17(11-23)21-22(26)20(24-13-25-21)16-4-3-5-19(10-16)28-2/h3-10,12-13H,1-2H3. The first-order valence-corrected chi connectivity index (χ1v) is 8.64. The van der Waals surface area contributed by atoms with Gasteiger partial charge in [-0.1, -0.05) is 12.1 Å². The fourth-order valence-electron chi connectivity index (χ4n) is 3.18. The molecular weight excluding hydrogens is 352 g/mol. The van der Waals surface area contributed by atoms with E-state index in [2.05, 4.69) is 16.0 Å². The number of ether oxygens (including phenoxy) is 1. The van der Waals surface area contributed by atoms with Gasteiger partial charge in [-0.3, -0.25) is 4.79 Å². The molecule has 0 aliphatic heterocycles. The Balaban J connectivity index is 1.99. The van der Waals surface area contributed by atoms with Crippen molar-refractivity contribution in [3.05, 3.63) is 72.2 Å². The normalized spacial score (nSPS) is 10.6. The maximum Gasteiger partial charge on any atom is 0.159 e. The summed E-state index contributed by atoms with van der Waals surface area (Å²) in [6.07, 6.45) is 3.20. The van der Waals surface area contributed by atoms with Crippen LogP contribution in [0.3, 0.4) is 0 Å². The lowest BCUT2D eigenvalue weighted by molar-refractivity contribution is 0.101. The molecule has 0 saturated heterocycles. The first-order chi connectivity index (χ1) is 13.6. The van der Waals surface area contributed by atoms with E-state index in [1.54, 1.807) is 25.4 Å². The number of nitrogens with zero attached hydrogens (tertiary/aromatic N) is 4. The zero-order valence-electron chi connectivity index (χ0n) is 15.4. The monoisotopic (exact) mass is 368 g/mol. The number of hydrogen-bond donors (Lipinski definition) is 0. The summed E-state index contributed by atoms with van der Waals surface area (Å²) in [4.78, 5) is 20.4. The molecule has 0 radical (unpaired) electrons. The summed E-state index contributed by atoms with van der Waals surface area (Å²) in [5.41, 5.74) is 4.75. The molecule has 0 bridgehead atoms. The number of methoxy groups -OCH3 is 1. The molecule has 28 heavy (non-hydrogen) atoms. The van der Waals surface area contributed by atoms with Gasteiger partial charge in [0.2, 0.25) is 0 Å². The van der Waals surface area contributed by atoms with Gasteiger partial charge in [0.25, 0.3) is 0 Å². The highest BCUT2D eigenvalue weighted by atomic mass is 16.5. The largest absolute Gasteiger partial charge is 0.497 e. The minimum Gasteiger partial charge on any atom is -0.497 e. The lowest BCUT2D eigenvalue weighted by Crippen LogP contribution is -1.98. The highest BCUT2D eigenvalue weighted by molar-refractivity contribution is 5.96. The van der Waals surface area contributed by atoms with E-state index >= 15 is 0 Å². The Hall–Kier alpha value is -3.98. The van der Waals surface area contributed by atoms with Crippen molar-refractivity contribution in [2.45, 2.75) is 6.92 Å². The Bertz CT molecular complexity index is 1230. The summed E-state index contributed by atoms with van der Waals surface area (Å²) in [5, 5.41) is 9.57. The Morgan fingerprint density at radius 3 is 2.61 bits per heavy atom. The van der Waals surface area contributed by atoms with Crippen LogP contribution in [0.1, 0.15) is 22.8 Å². The van der Waals surface area contributed by atoms with Crippen LogP contribution in [0.25, 0.3) is 28.0 Å². The predicted octanol–water partition coefficient (Wildman–Crippen LogP) is 4.17. The van der Waals surface area contributed by atoms with Gasteiger partial charge in [0.15, 0.2) is 5.78 Å². The van der Waals surface area contributed by atoms with Gasteiger partial charge in [0, 0.05) is 23.0 Å². The lowest BCUT2D eigenvalue weighted by atomic mass is 10.1. The van der Waals surface area contributed by atoms with Crippen molar-refractivity contribution in [1.82, 2.24) is 14.5 Å². The van der Waals surface area contributed by atoms with Crippen molar-refractivity contribution >= 4 is 16.8 Å². The van der Waals surface area contributed by atoms with Gasteiger partial charge in [-0.05, 0) is 43.3 Å². The lowest BCUT2D eigenvalue weighted by Gasteiger charge is -2.10. The number of carbonyl (C=O) groups is 1. The number of nitriles is 1. The van der Waals surface area contributed by atoms with Crippen LogP contribution in [0.2, 0.25) is 0 Å². The van der Waals surface area contributed by atoms with Crippen molar-refractivity contribution in [1.29, 1.82) is 5.26 Å². The van der Waals surface area contributed by atoms with E-state index in [1.165, 1.54) is 13.3 Å². The molecule has 2 aromatic heterocycles. The van der Waals surface area contributed by atoms with Crippen molar-refractivity contribution in [3.8, 4) is 28.8 Å².